The van der Waals surface area contributed by atoms with E-state index in [4.69, 9.17) is 14.2 Å². The number of hydrogen-bond donors (Lipinski definition) is 1. The van der Waals surface area contributed by atoms with Crippen LogP contribution in [0.15, 0.2) is 0 Å². The third-order valence-electron chi connectivity index (χ3n) is 3.40. The van der Waals surface area contributed by atoms with E-state index in [1.165, 1.54) is 25.7 Å². The molecule has 4 nitrogen and oxygen atoms in total. The summed E-state index contributed by atoms with van der Waals surface area (Å²) in [7, 11) is 1.64. The summed E-state index contributed by atoms with van der Waals surface area (Å²) in [5.41, 5.74) is 0. The van der Waals surface area contributed by atoms with Crippen LogP contribution in [0.25, 0.3) is 0 Å². The molecule has 0 spiro atoms. The molecule has 0 saturated heterocycles. The standard InChI is InChI=1S/C14H28O4/c1-3-4-5-6-7-8-17-13-11-12(15)14(13)18-10-9-16-2/h12-15H,3-11H2,1-2H3. The van der Waals surface area contributed by atoms with Gasteiger partial charge < -0.3 is 19.3 Å². The highest BCUT2D eigenvalue weighted by molar-refractivity contribution is 4.91. The van der Waals surface area contributed by atoms with Gasteiger partial charge in [-0.15, -0.1) is 0 Å². The van der Waals surface area contributed by atoms with Crippen molar-refractivity contribution in [1.29, 1.82) is 0 Å². The van der Waals surface area contributed by atoms with Gasteiger partial charge in [-0.3, -0.25) is 0 Å². The smallest absolute Gasteiger partial charge is 0.110 e. The van der Waals surface area contributed by atoms with E-state index in [0.717, 1.165) is 13.0 Å². The molecular weight excluding hydrogens is 232 g/mol. The maximum atomic E-state index is 9.60. The minimum absolute atomic E-state index is 0.0723. The molecule has 3 unspecified atom stereocenters. The van der Waals surface area contributed by atoms with E-state index < -0.39 is 0 Å². The third kappa shape index (κ3) is 5.65. The van der Waals surface area contributed by atoms with Crippen LogP contribution in [0.2, 0.25) is 0 Å². The van der Waals surface area contributed by atoms with Gasteiger partial charge in [-0.2, -0.15) is 0 Å². The van der Waals surface area contributed by atoms with Crippen LogP contribution in [0.1, 0.15) is 45.4 Å². The van der Waals surface area contributed by atoms with Crippen LogP contribution in [0.3, 0.4) is 0 Å². The van der Waals surface area contributed by atoms with E-state index in [1.54, 1.807) is 7.11 Å². The number of methoxy groups -OCH3 is 1. The molecule has 18 heavy (non-hydrogen) atoms. The van der Waals surface area contributed by atoms with E-state index in [0.29, 0.717) is 19.6 Å². The lowest BCUT2D eigenvalue weighted by Crippen LogP contribution is -2.54. The maximum Gasteiger partial charge on any atom is 0.110 e. The maximum absolute atomic E-state index is 9.60. The fraction of sp³-hybridized carbons (Fsp3) is 1.00. The first-order valence-electron chi connectivity index (χ1n) is 7.19. The highest BCUT2D eigenvalue weighted by Crippen LogP contribution is 2.27. The second kappa shape index (κ2) is 9.73. The highest BCUT2D eigenvalue weighted by atomic mass is 16.6. The summed E-state index contributed by atoms with van der Waals surface area (Å²) in [6.45, 7) is 4.08. The lowest BCUT2D eigenvalue weighted by Gasteiger charge is -2.40. The first-order valence-corrected chi connectivity index (χ1v) is 7.19. The van der Waals surface area contributed by atoms with Crippen LogP contribution in [-0.2, 0) is 14.2 Å². The quantitative estimate of drug-likeness (QED) is 0.578. The predicted molar refractivity (Wildman–Crippen MR) is 70.7 cm³/mol. The van der Waals surface area contributed by atoms with Gasteiger partial charge in [0.1, 0.15) is 6.10 Å². The first kappa shape index (κ1) is 15.9. The molecule has 1 saturated carbocycles. The number of ether oxygens (including phenoxy) is 3. The van der Waals surface area contributed by atoms with Crippen LogP contribution < -0.4 is 0 Å². The number of unbranched alkanes of at least 4 members (excludes halogenated alkanes) is 4. The van der Waals surface area contributed by atoms with E-state index in [-0.39, 0.29) is 18.3 Å². The molecule has 0 heterocycles. The molecule has 0 aliphatic heterocycles. The molecule has 0 amide bonds. The molecule has 0 radical (unpaired) electrons. The Kier molecular flexibility index (Phi) is 8.59. The first-order chi connectivity index (χ1) is 8.79. The van der Waals surface area contributed by atoms with Crippen LogP contribution >= 0.6 is 0 Å². The summed E-state index contributed by atoms with van der Waals surface area (Å²) < 4.78 is 16.2. The average molecular weight is 260 g/mol. The van der Waals surface area contributed by atoms with Gasteiger partial charge in [-0.25, -0.2) is 0 Å². The van der Waals surface area contributed by atoms with Crippen molar-refractivity contribution in [3.63, 3.8) is 0 Å². The van der Waals surface area contributed by atoms with Gasteiger partial charge in [0.25, 0.3) is 0 Å². The van der Waals surface area contributed by atoms with Crippen molar-refractivity contribution in [2.75, 3.05) is 26.9 Å². The minimum Gasteiger partial charge on any atom is -0.390 e. The Labute approximate surface area is 111 Å². The zero-order valence-corrected chi connectivity index (χ0v) is 11.8. The molecule has 0 bridgehead atoms. The monoisotopic (exact) mass is 260 g/mol. The topological polar surface area (TPSA) is 47.9 Å². The van der Waals surface area contributed by atoms with Crippen molar-refractivity contribution >= 4 is 0 Å². The van der Waals surface area contributed by atoms with Crippen molar-refractivity contribution in [1.82, 2.24) is 0 Å². The predicted octanol–water partition coefficient (Wildman–Crippen LogP) is 2.14. The van der Waals surface area contributed by atoms with Gasteiger partial charge in [-0.05, 0) is 6.42 Å². The van der Waals surface area contributed by atoms with Crippen molar-refractivity contribution < 1.29 is 19.3 Å². The van der Waals surface area contributed by atoms with Gasteiger partial charge in [0.05, 0.1) is 25.4 Å². The Hall–Kier alpha value is -0.160. The van der Waals surface area contributed by atoms with Crippen LogP contribution in [0.5, 0.6) is 0 Å². The van der Waals surface area contributed by atoms with E-state index in [1.807, 2.05) is 0 Å². The molecule has 1 rings (SSSR count). The molecule has 0 aromatic rings. The van der Waals surface area contributed by atoms with Crippen molar-refractivity contribution in [3.05, 3.63) is 0 Å². The summed E-state index contributed by atoms with van der Waals surface area (Å²) in [5.74, 6) is 0. The van der Waals surface area contributed by atoms with Gasteiger partial charge in [0.15, 0.2) is 0 Å². The molecule has 108 valence electrons. The molecule has 3 atom stereocenters. The summed E-state index contributed by atoms with van der Waals surface area (Å²) in [4.78, 5) is 0. The van der Waals surface area contributed by atoms with Gasteiger partial charge in [0, 0.05) is 20.1 Å². The largest absolute Gasteiger partial charge is 0.390 e. The van der Waals surface area contributed by atoms with Crippen LogP contribution in [0.4, 0.5) is 0 Å². The Morgan fingerprint density at radius 1 is 1.00 bits per heavy atom. The van der Waals surface area contributed by atoms with E-state index in [9.17, 15) is 5.11 Å². The normalized spacial score (nSPS) is 27.2. The molecule has 1 aliphatic carbocycles. The molecule has 1 N–H and O–H groups in total. The second-order valence-electron chi connectivity index (χ2n) is 4.95. The Bertz CT molecular complexity index is 198. The number of hydrogen-bond acceptors (Lipinski definition) is 4. The minimum atomic E-state index is -0.369. The number of aliphatic hydroxyl groups is 1. The van der Waals surface area contributed by atoms with Crippen LogP contribution in [0, 0.1) is 0 Å². The summed E-state index contributed by atoms with van der Waals surface area (Å²) in [6.07, 6.45) is 6.46. The van der Waals surface area contributed by atoms with E-state index >= 15 is 0 Å². The summed E-state index contributed by atoms with van der Waals surface area (Å²) in [6, 6.07) is 0. The lowest BCUT2D eigenvalue weighted by atomic mass is 9.88. The summed E-state index contributed by atoms with van der Waals surface area (Å²) in [5, 5.41) is 9.60. The molecule has 4 heteroatoms. The highest BCUT2D eigenvalue weighted by Gasteiger charge is 2.41. The SMILES string of the molecule is CCCCCCCOC1CC(O)C1OCCOC. The zero-order chi connectivity index (χ0) is 13.2. The Morgan fingerprint density at radius 2 is 1.78 bits per heavy atom. The fourth-order valence-electron chi connectivity index (χ4n) is 2.15. The van der Waals surface area contributed by atoms with Gasteiger partial charge >= 0.3 is 0 Å². The van der Waals surface area contributed by atoms with Crippen molar-refractivity contribution in [2.45, 2.75) is 63.8 Å². The molecular formula is C14H28O4. The van der Waals surface area contributed by atoms with Crippen LogP contribution in [-0.4, -0.2) is 50.3 Å². The summed E-state index contributed by atoms with van der Waals surface area (Å²) >= 11 is 0. The molecule has 1 fully saturated rings. The second-order valence-corrected chi connectivity index (χ2v) is 4.95. The van der Waals surface area contributed by atoms with Gasteiger partial charge in [0.2, 0.25) is 0 Å². The number of rotatable bonds is 11. The van der Waals surface area contributed by atoms with Gasteiger partial charge in [-0.1, -0.05) is 32.6 Å². The molecule has 0 aromatic carbocycles. The fourth-order valence-corrected chi connectivity index (χ4v) is 2.15. The van der Waals surface area contributed by atoms with Crippen molar-refractivity contribution in [2.24, 2.45) is 0 Å². The average Bonchev–Trinajstić information content (AvgIpc) is 2.37. The Balaban J connectivity index is 2.00. The Morgan fingerprint density at radius 3 is 2.44 bits per heavy atom. The molecule has 0 aromatic heterocycles. The third-order valence-corrected chi connectivity index (χ3v) is 3.40. The zero-order valence-electron chi connectivity index (χ0n) is 11.8. The molecule has 1 aliphatic rings. The lowest BCUT2D eigenvalue weighted by molar-refractivity contribution is -0.195. The van der Waals surface area contributed by atoms with Crippen molar-refractivity contribution in [3.8, 4) is 0 Å². The van der Waals surface area contributed by atoms with E-state index in [2.05, 4.69) is 6.92 Å². The number of aliphatic hydroxyl groups excluding tert-OH is 1.